The van der Waals surface area contributed by atoms with Crippen LogP contribution < -0.4 is 10.2 Å². The van der Waals surface area contributed by atoms with Crippen LogP contribution in [0.5, 0.6) is 0 Å². The first-order chi connectivity index (χ1) is 8.74. The third-order valence-corrected chi connectivity index (χ3v) is 3.27. The standard InChI is InChI=1S/C14H23ClN2O/c1-3-8-16-11-12-13(15)6-5-7-14(12)17(4-2)9-10-18/h5-7,16,18H,3-4,8-11H2,1-2H3. The minimum absolute atomic E-state index is 0.155. The van der Waals surface area contributed by atoms with Crippen LogP contribution >= 0.6 is 11.6 Å². The van der Waals surface area contributed by atoms with Gasteiger partial charge in [0.1, 0.15) is 0 Å². The molecule has 0 radical (unpaired) electrons. The van der Waals surface area contributed by atoms with Crippen molar-refractivity contribution >= 4 is 17.3 Å². The van der Waals surface area contributed by atoms with Crippen LogP contribution in [0.25, 0.3) is 0 Å². The molecule has 0 atom stereocenters. The first-order valence-electron chi connectivity index (χ1n) is 6.58. The number of aliphatic hydroxyl groups excluding tert-OH is 1. The van der Waals surface area contributed by atoms with Crippen molar-refractivity contribution in [1.29, 1.82) is 0 Å². The number of likely N-dealkylation sites (N-methyl/N-ethyl adjacent to an activating group) is 1. The molecule has 0 spiro atoms. The van der Waals surface area contributed by atoms with Gasteiger partial charge in [-0.25, -0.2) is 0 Å². The van der Waals surface area contributed by atoms with Gasteiger partial charge in [0.2, 0.25) is 0 Å². The van der Waals surface area contributed by atoms with Crippen LogP contribution in [0.2, 0.25) is 5.02 Å². The smallest absolute Gasteiger partial charge is 0.0606 e. The van der Waals surface area contributed by atoms with Crippen LogP contribution in [-0.2, 0) is 6.54 Å². The molecule has 0 heterocycles. The van der Waals surface area contributed by atoms with Crippen molar-refractivity contribution in [3.63, 3.8) is 0 Å². The molecule has 4 heteroatoms. The Balaban J connectivity index is 2.90. The lowest BCUT2D eigenvalue weighted by molar-refractivity contribution is 0.302. The summed E-state index contributed by atoms with van der Waals surface area (Å²) in [4.78, 5) is 2.15. The van der Waals surface area contributed by atoms with Crippen LogP contribution in [0.1, 0.15) is 25.8 Å². The maximum absolute atomic E-state index is 9.11. The summed E-state index contributed by atoms with van der Waals surface area (Å²) < 4.78 is 0. The van der Waals surface area contributed by atoms with Crippen molar-refractivity contribution in [2.45, 2.75) is 26.8 Å². The van der Waals surface area contributed by atoms with Crippen LogP contribution in [-0.4, -0.2) is 31.3 Å². The van der Waals surface area contributed by atoms with Gasteiger partial charge in [-0.3, -0.25) is 0 Å². The van der Waals surface area contributed by atoms with E-state index in [1.807, 2.05) is 12.1 Å². The highest BCUT2D eigenvalue weighted by atomic mass is 35.5. The summed E-state index contributed by atoms with van der Waals surface area (Å²) in [5, 5.41) is 13.3. The third-order valence-electron chi connectivity index (χ3n) is 2.92. The number of aliphatic hydroxyl groups is 1. The average molecular weight is 271 g/mol. The summed E-state index contributed by atoms with van der Waals surface area (Å²) in [5.74, 6) is 0. The van der Waals surface area contributed by atoms with E-state index in [2.05, 4.69) is 30.1 Å². The Morgan fingerprint density at radius 1 is 1.33 bits per heavy atom. The number of nitrogens with zero attached hydrogens (tertiary/aromatic N) is 1. The molecule has 0 bridgehead atoms. The molecule has 18 heavy (non-hydrogen) atoms. The number of rotatable bonds is 8. The van der Waals surface area contributed by atoms with E-state index in [-0.39, 0.29) is 6.61 Å². The second-order valence-electron chi connectivity index (χ2n) is 4.22. The molecule has 0 aromatic heterocycles. The van der Waals surface area contributed by atoms with Crippen molar-refractivity contribution in [2.24, 2.45) is 0 Å². The molecule has 3 nitrogen and oxygen atoms in total. The Kier molecular flexibility index (Phi) is 7.09. The zero-order valence-corrected chi connectivity index (χ0v) is 12.0. The first kappa shape index (κ1) is 15.3. The van der Waals surface area contributed by atoms with Gasteiger partial charge in [-0.2, -0.15) is 0 Å². The maximum atomic E-state index is 9.11. The highest BCUT2D eigenvalue weighted by Gasteiger charge is 2.11. The molecular weight excluding hydrogens is 248 g/mol. The molecule has 1 aromatic rings. The summed E-state index contributed by atoms with van der Waals surface area (Å²) in [6, 6.07) is 5.94. The fraction of sp³-hybridized carbons (Fsp3) is 0.571. The Morgan fingerprint density at radius 3 is 2.72 bits per heavy atom. The van der Waals surface area contributed by atoms with Gasteiger partial charge < -0.3 is 15.3 Å². The fourth-order valence-corrected chi connectivity index (χ4v) is 2.21. The number of benzene rings is 1. The van der Waals surface area contributed by atoms with Gasteiger partial charge in [-0.15, -0.1) is 0 Å². The molecule has 1 aromatic carbocycles. The van der Waals surface area contributed by atoms with E-state index in [1.54, 1.807) is 0 Å². The topological polar surface area (TPSA) is 35.5 Å². The summed E-state index contributed by atoms with van der Waals surface area (Å²) >= 11 is 6.28. The normalized spacial score (nSPS) is 10.7. The highest BCUT2D eigenvalue weighted by molar-refractivity contribution is 6.31. The van der Waals surface area contributed by atoms with Gasteiger partial charge >= 0.3 is 0 Å². The van der Waals surface area contributed by atoms with Crippen molar-refractivity contribution in [3.8, 4) is 0 Å². The Labute approximate surface area is 115 Å². The average Bonchev–Trinajstić information content (AvgIpc) is 2.38. The fourth-order valence-electron chi connectivity index (χ4n) is 1.98. The van der Waals surface area contributed by atoms with E-state index < -0.39 is 0 Å². The van der Waals surface area contributed by atoms with Crippen molar-refractivity contribution in [2.75, 3.05) is 31.1 Å². The summed E-state index contributed by atoms with van der Waals surface area (Å²) in [6.07, 6.45) is 1.11. The molecule has 0 fully saturated rings. The molecule has 0 unspecified atom stereocenters. The number of hydrogen-bond donors (Lipinski definition) is 2. The van der Waals surface area contributed by atoms with Gasteiger partial charge in [0.25, 0.3) is 0 Å². The molecule has 102 valence electrons. The lowest BCUT2D eigenvalue weighted by atomic mass is 10.1. The number of nitrogens with one attached hydrogen (secondary N) is 1. The van der Waals surface area contributed by atoms with E-state index in [9.17, 15) is 0 Å². The molecule has 0 aliphatic heterocycles. The zero-order chi connectivity index (χ0) is 13.4. The third kappa shape index (κ3) is 4.16. The molecular formula is C14H23ClN2O. The molecule has 1 rings (SSSR count). The SMILES string of the molecule is CCCNCc1c(Cl)cccc1N(CC)CCO. The minimum atomic E-state index is 0.155. The number of anilines is 1. The van der Waals surface area contributed by atoms with Gasteiger partial charge in [-0.05, 0) is 32.0 Å². The second-order valence-corrected chi connectivity index (χ2v) is 4.62. The lowest BCUT2D eigenvalue weighted by Crippen LogP contribution is -2.28. The Hall–Kier alpha value is -0.770. The van der Waals surface area contributed by atoms with Crippen LogP contribution in [0.3, 0.4) is 0 Å². The minimum Gasteiger partial charge on any atom is -0.395 e. The predicted octanol–water partition coefficient (Wildman–Crippen LogP) is 2.66. The van der Waals surface area contributed by atoms with Crippen molar-refractivity contribution in [1.82, 2.24) is 5.32 Å². The van der Waals surface area contributed by atoms with E-state index in [1.165, 1.54) is 0 Å². The lowest BCUT2D eigenvalue weighted by Gasteiger charge is -2.25. The Morgan fingerprint density at radius 2 is 2.11 bits per heavy atom. The summed E-state index contributed by atoms with van der Waals surface area (Å²) in [7, 11) is 0. The van der Waals surface area contributed by atoms with Crippen molar-refractivity contribution < 1.29 is 5.11 Å². The monoisotopic (exact) mass is 270 g/mol. The van der Waals surface area contributed by atoms with Crippen LogP contribution in [0.4, 0.5) is 5.69 Å². The Bertz CT molecular complexity index is 358. The molecule has 0 saturated carbocycles. The van der Waals surface area contributed by atoms with E-state index in [0.29, 0.717) is 6.54 Å². The largest absolute Gasteiger partial charge is 0.395 e. The van der Waals surface area contributed by atoms with Gasteiger partial charge in [0.05, 0.1) is 6.61 Å². The van der Waals surface area contributed by atoms with Gasteiger partial charge in [0.15, 0.2) is 0 Å². The second kappa shape index (κ2) is 8.35. The molecule has 0 aliphatic carbocycles. The summed E-state index contributed by atoms with van der Waals surface area (Å²) in [6.45, 7) is 7.63. The van der Waals surface area contributed by atoms with Crippen LogP contribution in [0, 0.1) is 0 Å². The predicted molar refractivity (Wildman–Crippen MR) is 78.4 cm³/mol. The molecule has 0 aliphatic rings. The zero-order valence-electron chi connectivity index (χ0n) is 11.2. The van der Waals surface area contributed by atoms with E-state index in [0.717, 1.165) is 42.3 Å². The van der Waals surface area contributed by atoms with E-state index >= 15 is 0 Å². The highest BCUT2D eigenvalue weighted by Crippen LogP contribution is 2.27. The molecule has 0 saturated heterocycles. The first-order valence-corrected chi connectivity index (χ1v) is 6.96. The number of halogens is 1. The van der Waals surface area contributed by atoms with E-state index in [4.69, 9.17) is 16.7 Å². The van der Waals surface area contributed by atoms with Gasteiger partial charge in [-0.1, -0.05) is 24.6 Å². The van der Waals surface area contributed by atoms with Crippen LogP contribution in [0.15, 0.2) is 18.2 Å². The quantitative estimate of drug-likeness (QED) is 0.713. The summed E-state index contributed by atoms with van der Waals surface area (Å²) in [5.41, 5.74) is 2.23. The molecule has 2 N–H and O–H groups in total. The molecule has 0 amide bonds. The maximum Gasteiger partial charge on any atom is 0.0606 e. The van der Waals surface area contributed by atoms with Gasteiger partial charge in [0, 0.05) is 35.9 Å². The van der Waals surface area contributed by atoms with Crippen molar-refractivity contribution in [3.05, 3.63) is 28.8 Å². The number of hydrogen-bond acceptors (Lipinski definition) is 3.